The second kappa shape index (κ2) is 6.61. The fourth-order valence-corrected chi connectivity index (χ4v) is 1.66. The van der Waals surface area contributed by atoms with E-state index in [1.165, 1.54) is 6.07 Å². The molecule has 0 fully saturated rings. The van der Waals surface area contributed by atoms with Gasteiger partial charge in [0, 0.05) is 32.9 Å². The van der Waals surface area contributed by atoms with E-state index in [-0.39, 0.29) is 11.7 Å². The number of hydrogen-bond acceptors (Lipinski definition) is 3. The number of benzene rings is 1. The summed E-state index contributed by atoms with van der Waals surface area (Å²) in [6, 6.07) is 4.80. The number of amides is 1. The summed E-state index contributed by atoms with van der Waals surface area (Å²) in [6.45, 7) is 1.26. The van der Waals surface area contributed by atoms with Crippen LogP contribution in [0.2, 0.25) is 0 Å². The van der Waals surface area contributed by atoms with Crippen LogP contribution in [0.1, 0.15) is 16.8 Å². The first-order valence-corrected chi connectivity index (χ1v) is 6.08. The SMILES string of the molecule is COCCCN(C)C(=O)c1ccc(Br)c(O)c1. The zero-order chi connectivity index (χ0) is 12.8. The Morgan fingerprint density at radius 2 is 2.24 bits per heavy atom. The van der Waals surface area contributed by atoms with Crippen molar-refractivity contribution in [3.63, 3.8) is 0 Å². The maximum atomic E-state index is 12.0. The van der Waals surface area contributed by atoms with E-state index in [1.807, 2.05) is 0 Å². The topological polar surface area (TPSA) is 49.8 Å². The lowest BCUT2D eigenvalue weighted by molar-refractivity contribution is 0.0779. The van der Waals surface area contributed by atoms with Crippen molar-refractivity contribution in [1.82, 2.24) is 4.90 Å². The van der Waals surface area contributed by atoms with Crippen LogP contribution in [0.5, 0.6) is 5.75 Å². The molecular weight excluding hydrogens is 286 g/mol. The van der Waals surface area contributed by atoms with E-state index in [1.54, 1.807) is 31.2 Å². The lowest BCUT2D eigenvalue weighted by Gasteiger charge is -2.17. The fourth-order valence-electron chi connectivity index (χ4n) is 1.41. The lowest BCUT2D eigenvalue weighted by Crippen LogP contribution is -2.28. The molecule has 0 radical (unpaired) electrons. The van der Waals surface area contributed by atoms with Crippen molar-refractivity contribution in [2.75, 3.05) is 27.3 Å². The predicted octanol–water partition coefficient (Wildman–Crippen LogP) is 2.26. The van der Waals surface area contributed by atoms with Crippen LogP contribution in [-0.4, -0.2) is 43.2 Å². The lowest BCUT2D eigenvalue weighted by atomic mass is 10.2. The Bertz CT molecular complexity index is 395. The van der Waals surface area contributed by atoms with Gasteiger partial charge in [0.1, 0.15) is 5.75 Å². The van der Waals surface area contributed by atoms with Crippen molar-refractivity contribution in [2.45, 2.75) is 6.42 Å². The average Bonchev–Trinajstić information content (AvgIpc) is 2.32. The van der Waals surface area contributed by atoms with Gasteiger partial charge in [0.05, 0.1) is 4.47 Å². The number of halogens is 1. The number of nitrogens with zero attached hydrogens (tertiary/aromatic N) is 1. The number of methoxy groups -OCH3 is 1. The third-order valence-corrected chi connectivity index (χ3v) is 3.05. The zero-order valence-corrected chi connectivity index (χ0v) is 11.5. The third-order valence-electron chi connectivity index (χ3n) is 2.38. The molecule has 0 bridgehead atoms. The molecule has 1 amide bonds. The minimum absolute atomic E-state index is 0.0705. The van der Waals surface area contributed by atoms with Gasteiger partial charge in [0.25, 0.3) is 5.91 Å². The molecule has 0 saturated carbocycles. The van der Waals surface area contributed by atoms with Crippen LogP contribution in [0.25, 0.3) is 0 Å². The Labute approximate surface area is 109 Å². The van der Waals surface area contributed by atoms with Crippen LogP contribution in [-0.2, 0) is 4.74 Å². The molecule has 0 aromatic heterocycles. The molecule has 0 aliphatic rings. The maximum Gasteiger partial charge on any atom is 0.253 e. The Morgan fingerprint density at radius 1 is 1.53 bits per heavy atom. The summed E-state index contributed by atoms with van der Waals surface area (Å²) < 4.78 is 5.51. The van der Waals surface area contributed by atoms with Crippen molar-refractivity contribution in [3.8, 4) is 5.75 Å². The number of aromatic hydroxyl groups is 1. The molecule has 1 aromatic rings. The summed E-state index contributed by atoms with van der Waals surface area (Å²) in [7, 11) is 3.37. The molecule has 1 aromatic carbocycles. The summed E-state index contributed by atoms with van der Waals surface area (Å²) in [5.74, 6) is -0.0370. The minimum atomic E-state index is -0.107. The molecular formula is C12H16BrNO3. The highest BCUT2D eigenvalue weighted by Gasteiger charge is 2.12. The van der Waals surface area contributed by atoms with Gasteiger partial charge >= 0.3 is 0 Å². The molecule has 0 aliphatic heterocycles. The van der Waals surface area contributed by atoms with Crippen molar-refractivity contribution in [2.24, 2.45) is 0 Å². The highest BCUT2D eigenvalue weighted by atomic mass is 79.9. The van der Waals surface area contributed by atoms with E-state index < -0.39 is 0 Å². The number of phenolic OH excluding ortho intramolecular Hbond substituents is 1. The van der Waals surface area contributed by atoms with Crippen molar-refractivity contribution in [3.05, 3.63) is 28.2 Å². The molecule has 0 saturated heterocycles. The average molecular weight is 302 g/mol. The molecule has 0 spiro atoms. The molecule has 0 unspecified atom stereocenters. The van der Waals surface area contributed by atoms with Crippen LogP contribution in [0, 0.1) is 0 Å². The van der Waals surface area contributed by atoms with Crippen LogP contribution in [0.15, 0.2) is 22.7 Å². The Kier molecular flexibility index (Phi) is 5.44. The molecule has 1 rings (SSSR count). The van der Waals surface area contributed by atoms with Gasteiger partial charge in [-0.25, -0.2) is 0 Å². The van der Waals surface area contributed by atoms with Gasteiger partial charge < -0.3 is 14.7 Å². The van der Waals surface area contributed by atoms with E-state index in [2.05, 4.69) is 15.9 Å². The van der Waals surface area contributed by atoms with Gasteiger partial charge in [-0.1, -0.05) is 0 Å². The molecule has 1 N–H and O–H groups in total. The Balaban J connectivity index is 2.65. The normalized spacial score (nSPS) is 10.3. The second-order valence-corrected chi connectivity index (χ2v) is 4.59. The largest absolute Gasteiger partial charge is 0.507 e. The highest BCUT2D eigenvalue weighted by Crippen LogP contribution is 2.24. The molecule has 17 heavy (non-hydrogen) atoms. The second-order valence-electron chi connectivity index (χ2n) is 3.74. The number of rotatable bonds is 5. The molecule has 4 nitrogen and oxygen atoms in total. The van der Waals surface area contributed by atoms with Gasteiger partial charge in [-0.3, -0.25) is 4.79 Å². The first-order chi connectivity index (χ1) is 8.06. The van der Waals surface area contributed by atoms with Crippen LogP contribution in [0.3, 0.4) is 0 Å². The summed E-state index contributed by atoms with van der Waals surface area (Å²) in [6.07, 6.45) is 0.793. The summed E-state index contributed by atoms with van der Waals surface area (Å²) in [4.78, 5) is 13.6. The van der Waals surface area contributed by atoms with Crippen molar-refractivity contribution < 1.29 is 14.6 Å². The zero-order valence-electron chi connectivity index (χ0n) is 9.94. The quantitative estimate of drug-likeness (QED) is 0.849. The van der Waals surface area contributed by atoms with Gasteiger partial charge in [-0.15, -0.1) is 0 Å². The van der Waals surface area contributed by atoms with Gasteiger partial charge in [0.15, 0.2) is 0 Å². The fraction of sp³-hybridized carbons (Fsp3) is 0.417. The Hall–Kier alpha value is -1.07. The number of carbonyl (C=O) groups excluding carboxylic acids is 1. The van der Waals surface area contributed by atoms with E-state index in [0.29, 0.717) is 23.2 Å². The van der Waals surface area contributed by atoms with Gasteiger partial charge in [-0.05, 0) is 40.5 Å². The maximum absolute atomic E-state index is 12.0. The van der Waals surface area contributed by atoms with Gasteiger partial charge in [-0.2, -0.15) is 0 Å². The number of hydrogen-bond donors (Lipinski definition) is 1. The molecule has 5 heteroatoms. The first kappa shape index (κ1) is 14.0. The van der Waals surface area contributed by atoms with Crippen LogP contribution in [0.4, 0.5) is 0 Å². The number of phenols is 1. The van der Waals surface area contributed by atoms with Crippen molar-refractivity contribution in [1.29, 1.82) is 0 Å². The summed E-state index contributed by atoms with van der Waals surface area (Å²) >= 11 is 3.18. The predicted molar refractivity (Wildman–Crippen MR) is 69.3 cm³/mol. The van der Waals surface area contributed by atoms with E-state index in [0.717, 1.165) is 6.42 Å². The number of ether oxygens (including phenoxy) is 1. The molecule has 94 valence electrons. The first-order valence-electron chi connectivity index (χ1n) is 5.29. The van der Waals surface area contributed by atoms with E-state index in [9.17, 15) is 9.90 Å². The smallest absolute Gasteiger partial charge is 0.253 e. The Morgan fingerprint density at radius 3 is 2.82 bits per heavy atom. The monoisotopic (exact) mass is 301 g/mol. The summed E-state index contributed by atoms with van der Waals surface area (Å²) in [5, 5.41) is 9.51. The standard InChI is InChI=1S/C12H16BrNO3/c1-14(6-3-7-17-2)12(16)9-4-5-10(13)11(15)8-9/h4-5,8,15H,3,6-7H2,1-2H3. The van der Waals surface area contributed by atoms with E-state index >= 15 is 0 Å². The summed E-state index contributed by atoms with van der Waals surface area (Å²) in [5.41, 5.74) is 0.477. The molecule has 0 heterocycles. The van der Waals surface area contributed by atoms with Crippen LogP contribution >= 0.6 is 15.9 Å². The minimum Gasteiger partial charge on any atom is -0.507 e. The number of carbonyl (C=O) groups is 1. The molecule has 0 aliphatic carbocycles. The van der Waals surface area contributed by atoms with Gasteiger partial charge in [0.2, 0.25) is 0 Å². The van der Waals surface area contributed by atoms with E-state index in [4.69, 9.17) is 4.74 Å². The van der Waals surface area contributed by atoms with Crippen molar-refractivity contribution >= 4 is 21.8 Å². The third kappa shape index (κ3) is 4.02. The van der Waals surface area contributed by atoms with Crippen LogP contribution < -0.4 is 0 Å². The highest BCUT2D eigenvalue weighted by molar-refractivity contribution is 9.10. The molecule has 0 atom stereocenters.